The standard InChI is InChI=1S/C21H24N2O2/c1-23(2)11-3-10-21(19-7-4-16(14-24)5-8-19)20-9-6-17(13-22)12-18(20)15-25-21/h4-9,12,24H,3,10-11,14-15H2,1-2H3/t21-/m0/s1. The molecule has 0 aliphatic carbocycles. The van der Waals surface area contributed by atoms with E-state index in [1.54, 1.807) is 0 Å². The summed E-state index contributed by atoms with van der Waals surface area (Å²) in [6.45, 7) is 1.55. The summed E-state index contributed by atoms with van der Waals surface area (Å²) >= 11 is 0. The summed E-state index contributed by atoms with van der Waals surface area (Å²) < 4.78 is 6.36. The second-order valence-electron chi connectivity index (χ2n) is 6.86. The maximum absolute atomic E-state index is 9.31. The number of rotatable bonds is 6. The molecule has 0 unspecified atom stereocenters. The maximum Gasteiger partial charge on any atom is 0.119 e. The van der Waals surface area contributed by atoms with Crippen LogP contribution in [-0.4, -0.2) is 30.6 Å². The van der Waals surface area contributed by atoms with Gasteiger partial charge in [0.1, 0.15) is 5.60 Å². The van der Waals surface area contributed by atoms with Gasteiger partial charge in [0.2, 0.25) is 0 Å². The zero-order valence-electron chi connectivity index (χ0n) is 14.8. The van der Waals surface area contributed by atoms with Crippen molar-refractivity contribution >= 4 is 0 Å². The zero-order chi connectivity index (χ0) is 17.9. The van der Waals surface area contributed by atoms with Crippen LogP contribution in [0.4, 0.5) is 0 Å². The van der Waals surface area contributed by atoms with E-state index in [9.17, 15) is 5.11 Å². The Labute approximate surface area is 149 Å². The fraction of sp³-hybridized carbons (Fsp3) is 0.381. The molecule has 0 saturated heterocycles. The van der Waals surface area contributed by atoms with Gasteiger partial charge in [0.25, 0.3) is 0 Å². The normalized spacial score (nSPS) is 19.0. The molecule has 0 saturated carbocycles. The summed E-state index contributed by atoms with van der Waals surface area (Å²) in [6, 6.07) is 16.1. The summed E-state index contributed by atoms with van der Waals surface area (Å²) in [5.74, 6) is 0. The summed E-state index contributed by atoms with van der Waals surface area (Å²) in [4.78, 5) is 2.18. The number of fused-ring (bicyclic) bond motifs is 1. The Morgan fingerprint density at radius 3 is 2.60 bits per heavy atom. The monoisotopic (exact) mass is 336 g/mol. The molecule has 1 heterocycles. The van der Waals surface area contributed by atoms with E-state index >= 15 is 0 Å². The van der Waals surface area contributed by atoms with Crippen LogP contribution in [0.1, 0.15) is 40.7 Å². The van der Waals surface area contributed by atoms with Crippen molar-refractivity contribution in [3.05, 3.63) is 70.3 Å². The lowest BCUT2D eigenvalue weighted by Gasteiger charge is -2.31. The van der Waals surface area contributed by atoms with Gasteiger partial charge in [-0.15, -0.1) is 0 Å². The molecule has 1 aliphatic rings. The summed E-state index contributed by atoms with van der Waals surface area (Å²) in [7, 11) is 4.15. The molecule has 0 spiro atoms. The van der Waals surface area contributed by atoms with Gasteiger partial charge in [-0.25, -0.2) is 0 Å². The fourth-order valence-corrected chi connectivity index (χ4v) is 3.57. The van der Waals surface area contributed by atoms with Crippen LogP contribution in [0.2, 0.25) is 0 Å². The van der Waals surface area contributed by atoms with Crippen molar-refractivity contribution in [3.63, 3.8) is 0 Å². The van der Waals surface area contributed by atoms with Crippen molar-refractivity contribution in [2.45, 2.75) is 31.7 Å². The average Bonchev–Trinajstić information content (AvgIpc) is 3.00. The quantitative estimate of drug-likeness (QED) is 0.880. The van der Waals surface area contributed by atoms with E-state index in [-0.39, 0.29) is 6.61 Å². The summed E-state index contributed by atoms with van der Waals surface area (Å²) in [5, 5.41) is 18.5. The van der Waals surface area contributed by atoms with E-state index in [1.165, 1.54) is 0 Å². The van der Waals surface area contributed by atoms with Gasteiger partial charge < -0.3 is 14.7 Å². The Bertz CT molecular complexity index is 777. The van der Waals surface area contributed by atoms with Gasteiger partial charge in [-0.2, -0.15) is 5.26 Å². The lowest BCUT2D eigenvalue weighted by Crippen LogP contribution is -2.28. The highest BCUT2D eigenvalue weighted by Crippen LogP contribution is 2.45. The maximum atomic E-state index is 9.31. The van der Waals surface area contributed by atoms with Crippen LogP contribution < -0.4 is 0 Å². The molecule has 0 bridgehead atoms. The number of aliphatic hydroxyl groups excluding tert-OH is 1. The minimum Gasteiger partial charge on any atom is -0.392 e. The van der Waals surface area contributed by atoms with E-state index < -0.39 is 5.60 Å². The lowest BCUT2D eigenvalue weighted by atomic mass is 9.81. The van der Waals surface area contributed by atoms with Crippen molar-refractivity contribution in [1.82, 2.24) is 4.90 Å². The third kappa shape index (κ3) is 3.45. The zero-order valence-corrected chi connectivity index (χ0v) is 14.8. The van der Waals surface area contributed by atoms with E-state index in [1.807, 2.05) is 30.3 Å². The smallest absolute Gasteiger partial charge is 0.119 e. The Morgan fingerprint density at radius 2 is 1.96 bits per heavy atom. The predicted octanol–water partition coefficient (Wildman–Crippen LogP) is 3.17. The Morgan fingerprint density at radius 1 is 1.20 bits per heavy atom. The number of aliphatic hydroxyl groups is 1. The van der Waals surface area contributed by atoms with E-state index in [0.717, 1.165) is 41.6 Å². The Kier molecular flexibility index (Phi) is 5.19. The van der Waals surface area contributed by atoms with E-state index in [0.29, 0.717) is 12.2 Å². The molecular weight excluding hydrogens is 312 g/mol. The molecule has 0 radical (unpaired) electrons. The summed E-state index contributed by atoms with van der Waals surface area (Å²) in [5.41, 5.74) is 4.43. The number of ether oxygens (including phenoxy) is 1. The van der Waals surface area contributed by atoms with E-state index in [4.69, 9.17) is 10.00 Å². The largest absolute Gasteiger partial charge is 0.392 e. The van der Waals surface area contributed by atoms with E-state index in [2.05, 4.69) is 37.2 Å². The van der Waals surface area contributed by atoms with Crippen LogP contribution in [0.5, 0.6) is 0 Å². The molecule has 0 fully saturated rings. The molecule has 4 nitrogen and oxygen atoms in total. The van der Waals surface area contributed by atoms with Crippen molar-refractivity contribution in [2.24, 2.45) is 0 Å². The lowest BCUT2D eigenvalue weighted by molar-refractivity contribution is -0.0139. The molecule has 1 N–H and O–H groups in total. The Hall–Kier alpha value is -2.19. The Balaban J connectivity index is 2.01. The molecular formula is C21H24N2O2. The van der Waals surface area contributed by atoms with Crippen LogP contribution >= 0.6 is 0 Å². The number of benzene rings is 2. The van der Waals surface area contributed by atoms with Crippen LogP contribution in [0, 0.1) is 11.3 Å². The first-order chi connectivity index (χ1) is 12.1. The van der Waals surface area contributed by atoms with Crippen LogP contribution in [-0.2, 0) is 23.6 Å². The highest BCUT2D eigenvalue weighted by atomic mass is 16.5. The SMILES string of the molecule is CN(C)CCC[C@@]1(c2ccc(CO)cc2)OCc2cc(C#N)ccc21. The predicted molar refractivity (Wildman–Crippen MR) is 96.9 cm³/mol. The molecule has 130 valence electrons. The third-order valence-corrected chi connectivity index (χ3v) is 4.88. The van der Waals surface area contributed by atoms with Gasteiger partial charge in [-0.1, -0.05) is 30.3 Å². The van der Waals surface area contributed by atoms with Crippen molar-refractivity contribution in [1.29, 1.82) is 5.26 Å². The fourth-order valence-electron chi connectivity index (χ4n) is 3.57. The molecule has 1 aliphatic heterocycles. The highest BCUT2D eigenvalue weighted by Gasteiger charge is 2.41. The second kappa shape index (κ2) is 7.37. The summed E-state index contributed by atoms with van der Waals surface area (Å²) in [6.07, 6.45) is 1.89. The van der Waals surface area contributed by atoms with Crippen LogP contribution in [0.25, 0.3) is 0 Å². The van der Waals surface area contributed by atoms with Gasteiger partial charge >= 0.3 is 0 Å². The van der Waals surface area contributed by atoms with Gasteiger partial charge in [0, 0.05) is 0 Å². The molecule has 1 atom stereocenters. The van der Waals surface area contributed by atoms with Crippen molar-refractivity contribution in [2.75, 3.05) is 20.6 Å². The number of nitriles is 1. The third-order valence-electron chi connectivity index (χ3n) is 4.88. The molecule has 0 aromatic heterocycles. The first-order valence-electron chi connectivity index (χ1n) is 8.61. The van der Waals surface area contributed by atoms with Crippen molar-refractivity contribution < 1.29 is 9.84 Å². The molecule has 0 amide bonds. The molecule has 2 aromatic carbocycles. The molecule has 4 heteroatoms. The first kappa shape index (κ1) is 17.6. The minimum atomic E-state index is -0.479. The topological polar surface area (TPSA) is 56.5 Å². The van der Waals surface area contributed by atoms with Crippen LogP contribution in [0.15, 0.2) is 42.5 Å². The molecule has 2 aromatic rings. The van der Waals surface area contributed by atoms with Crippen molar-refractivity contribution in [3.8, 4) is 6.07 Å². The number of nitrogens with zero attached hydrogens (tertiary/aromatic N) is 2. The average molecular weight is 336 g/mol. The van der Waals surface area contributed by atoms with Gasteiger partial charge in [0.05, 0.1) is 24.8 Å². The molecule has 3 rings (SSSR count). The van der Waals surface area contributed by atoms with Gasteiger partial charge in [0.15, 0.2) is 0 Å². The van der Waals surface area contributed by atoms with Gasteiger partial charge in [-0.3, -0.25) is 0 Å². The first-order valence-corrected chi connectivity index (χ1v) is 8.61. The highest BCUT2D eigenvalue weighted by molar-refractivity contribution is 5.48. The number of hydrogen-bond donors (Lipinski definition) is 1. The number of hydrogen-bond acceptors (Lipinski definition) is 4. The minimum absolute atomic E-state index is 0.0386. The van der Waals surface area contributed by atoms with Crippen LogP contribution in [0.3, 0.4) is 0 Å². The van der Waals surface area contributed by atoms with Gasteiger partial charge in [-0.05, 0) is 67.9 Å². The second-order valence-corrected chi connectivity index (χ2v) is 6.86. The molecule has 25 heavy (non-hydrogen) atoms.